The van der Waals surface area contributed by atoms with Crippen molar-refractivity contribution in [2.24, 2.45) is 5.92 Å². The first kappa shape index (κ1) is 18.6. The van der Waals surface area contributed by atoms with E-state index in [9.17, 15) is 0 Å². The highest BCUT2D eigenvalue weighted by Crippen LogP contribution is 2.40. The number of aromatic nitrogens is 1. The molecule has 0 saturated carbocycles. The predicted octanol–water partition coefficient (Wildman–Crippen LogP) is 5.04. The summed E-state index contributed by atoms with van der Waals surface area (Å²) in [5.41, 5.74) is 4.63. The second-order valence-electron chi connectivity index (χ2n) is 7.50. The van der Waals surface area contributed by atoms with Crippen molar-refractivity contribution in [3.8, 4) is 5.75 Å². The van der Waals surface area contributed by atoms with Crippen molar-refractivity contribution in [2.75, 3.05) is 13.2 Å². The average molecular weight is 353 g/mol. The van der Waals surface area contributed by atoms with Crippen molar-refractivity contribution < 1.29 is 9.57 Å². The second kappa shape index (κ2) is 7.60. The Morgan fingerprint density at radius 1 is 1.15 bits per heavy atom. The highest BCUT2D eigenvalue weighted by atomic mass is 16.7. The maximum Gasteiger partial charge on any atom is 0.189 e. The van der Waals surface area contributed by atoms with Crippen molar-refractivity contribution >= 4 is 5.69 Å². The summed E-state index contributed by atoms with van der Waals surface area (Å²) in [5, 5.41) is 0. The van der Waals surface area contributed by atoms with Crippen LogP contribution in [0.25, 0.3) is 0 Å². The average Bonchev–Trinajstić information content (AvgIpc) is 2.84. The lowest BCUT2D eigenvalue weighted by atomic mass is 10.1. The molecule has 3 rings (SSSR count). The number of hydrogen-bond donors (Lipinski definition) is 0. The van der Waals surface area contributed by atoms with Gasteiger partial charge in [0.15, 0.2) is 5.69 Å². The van der Waals surface area contributed by atoms with Crippen molar-refractivity contribution in [3.63, 3.8) is 0 Å². The van der Waals surface area contributed by atoms with Crippen LogP contribution >= 0.6 is 0 Å². The van der Waals surface area contributed by atoms with E-state index in [1.807, 2.05) is 42.7 Å². The van der Waals surface area contributed by atoms with Crippen LogP contribution in [-0.4, -0.2) is 24.2 Å². The number of allylic oxidation sites excluding steroid dienone is 1. The first-order valence-electron chi connectivity index (χ1n) is 9.29. The highest BCUT2D eigenvalue weighted by molar-refractivity contribution is 5.48. The van der Waals surface area contributed by atoms with Gasteiger partial charge in [0.05, 0.1) is 11.8 Å². The first-order chi connectivity index (χ1) is 12.4. The zero-order valence-corrected chi connectivity index (χ0v) is 16.4. The van der Waals surface area contributed by atoms with Crippen LogP contribution in [0.1, 0.15) is 33.3 Å². The van der Waals surface area contributed by atoms with Gasteiger partial charge in [-0.2, -0.15) is 4.84 Å². The molecule has 0 saturated heterocycles. The van der Waals surface area contributed by atoms with Gasteiger partial charge in [-0.15, -0.1) is 4.65 Å². The molecule has 4 heteroatoms. The number of para-hydroxylation sites is 1. The molecule has 4 nitrogen and oxygen atoms in total. The maximum atomic E-state index is 6.56. The van der Waals surface area contributed by atoms with Gasteiger partial charge in [-0.25, -0.2) is 0 Å². The molecule has 0 aliphatic carbocycles. The molecule has 0 N–H and O–H groups in total. The van der Waals surface area contributed by atoms with Gasteiger partial charge in [-0.1, -0.05) is 32.0 Å². The second-order valence-corrected chi connectivity index (χ2v) is 7.50. The first-order valence-corrected chi connectivity index (χ1v) is 9.29. The predicted molar refractivity (Wildman–Crippen MR) is 106 cm³/mol. The molecule has 0 spiro atoms. The Balaban J connectivity index is 1.95. The van der Waals surface area contributed by atoms with E-state index in [1.165, 1.54) is 11.3 Å². The summed E-state index contributed by atoms with van der Waals surface area (Å²) in [6.07, 6.45) is 3.80. The van der Waals surface area contributed by atoms with Crippen LogP contribution in [0.5, 0.6) is 5.75 Å². The zero-order valence-electron chi connectivity index (χ0n) is 16.4. The van der Waals surface area contributed by atoms with E-state index in [1.54, 1.807) is 0 Å². The van der Waals surface area contributed by atoms with Crippen LogP contribution < -0.4 is 9.38 Å². The summed E-state index contributed by atoms with van der Waals surface area (Å²) >= 11 is 0. The summed E-state index contributed by atoms with van der Waals surface area (Å²) in [6, 6.07) is 12.1. The topological polar surface area (TPSA) is 31.4 Å². The molecule has 1 aromatic carbocycles. The van der Waals surface area contributed by atoms with E-state index < -0.39 is 0 Å². The van der Waals surface area contributed by atoms with Gasteiger partial charge in [0.2, 0.25) is 0 Å². The van der Waals surface area contributed by atoms with E-state index in [0.717, 1.165) is 23.5 Å². The fraction of sp³-hybridized carbons (Fsp3) is 0.409. The molecule has 2 heterocycles. The number of hydroxylamine groups is 2. The molecule has 0 bridgehead atoms. The van der Waals surface area contributed by atoms with Gasteiger partial charge >= 0.3 is 0 Å². The lowest BCUT2D eigenvalue weighted by Crippen LogP contribution is -2.48. The number of benzene rings is 1. The van der Waals surface area contributed by atoms with Crippen LogP contribution in [0.15, 0.2) is 60.1 Å². The molecular formula is C22H29N2O2+. The van der Waals surface area contributed by atoms with Gasteiger partial charge < -0.3 is 4.74 Å². The Bertz CT molecular complexity index is 786. The number of nitrogens with zero attached hydrogens (tertiary/aromatic N) is 2. The van der Waals surface area contributed by atoms with Crippen LogP contribution in [-0.2, 0) is 4.84 Å². The number of quaternary nitrogens is 1. The number of hydrogen-bond acceptors (Lipinski definition) is 3. The van der Waals surface area contributed by atoms with Gasteiger partial charge in [-0.05, 0) is 31.5 Å². The summed E-state index contributed by atoms with van der Waals surface area (Å²) in [5.74, 6) is 1.36. The fourth-order valence-corrected chi connectivity index (χ4v) is 3.63. The molecule has 138 valence electrons. The van der Waals surface area contributed by atoms with Crippen LogP contribution in [0.2, 0.25) is 0 Å². The van der Waals surface area contributed by atoms with E-state index in [2.05, 4.69) is 45.7 Å². The molecule has 26 heavy (non-hydrogen) atoms. The van der Waals surface area contributed by atoms with Gasteiger partial charge in [-0.3, -0.25) is 4.98 Å². The molecule has 0 fully saturated rings. The molecule has 0 amide bonds. The Kier molecular flexibility index (Phi) is 5.44. The molecule has 1 aliphatic rings. The Morgan fingerprint density at radius 3 is 2.54 bits per heavy atom. The Morgan fingerprint density at radius 2 is 1.88 bits per heavy atom. The molecule has 2 aromatic rings. The van der Waals surface area contributed by atoms with Gasteiger partial charge in [0, 0.05) is 25.1 Å². The molecule has 2 unspecified atom stereocenters. The van der Waals surface area contributed by atoms with Crippen molar-refractivity contribution in [1.29, 1.82) is 0 Å². The van der Waals surface area contributed by atoms with E-state index >= 15 is 0 Å². The van der Waals surface area contributed by atoms with E-state index in [0.29, 0.717) is 17.2 Å². The third-order valence-electron chi connectivity index (χ3n) is 4.87. The molecule has 1 aromatic heterocycles. The summed E-state index contributed by atoms with van der Waals surface area (Å²) in [7, 11) is 0. The third kappa shape index (κ3) is 3.67. The largest absolute Gasteiger partial charge is 0.489 e. The van der Waals surface area contributed by atoms with Gasteiger partial charge in [0.1, 0.15) is 30.7 Å². The van der Waals surface area contributed by atoms with E-state index in [4.69, 9.17) is 9.57 Å². The number of rotatable bonds is 6. The normalized spacial score (nSPS) is 22.9. The monoisotopic (exact) mass is 353 g/mol. The number of aryl methyl sites for hydroxylation is 1. The SMILES string of the molecule is CC1=C(COc2ccccc2)C(C)O[N+]1(CC(C)C)c1cncc(C)c1. The maximum absolute atomic E-state index is 6.56. The lowest BCUT2D eigenvalue weighted by molar-refractivity contribution is -0.129. The molecule has 0 radical (unpaired) electrons. The molecule has 2 atom stereocenters. The highest BCUT2D eigenvalue weighted by Gasteiger charge is 2.47. The summed E-state index contributed by atoms with van der Waals surface area (Å²) in [4.78, 5) is 11.0. The third-order valence-corrected chi connectivity index (χ3v) is 4.87. The molecule has 1 aliphatic heterocycles. The molecular weight excluding hydrogens is 324 g/mol. The van der Waals surface area contributed by atoms with Crippen LogP contribution in [0, 0.1) is 12.8 Å². The Hall–Kier alpha value is -2.17. The van der Waals surface area contributed by atoms with E-state index in [-0.39, 0.29) is 6.10 Å². The minimum Gasteiger partial charge on any atom is -0.489 e. The quantitative estimate of drug-likeness (QED) is 0.682. The van der Waals surface area contributed by atoms with Crippen molar-refractivity contribution in [1.82, 2.24) is 9.63 Å². The summed E-state index contributed by atoms with van der Waals surface area (Å²) < 4.78 is 6.43. The minimum atomic E-state index is -0.00188. The smallest absolute Gasteiger partial charge is 0.189 e. The number of pyridine rings is 1. The lowest BCUT2D eigenvalue weighted by Gasteiger charge is -2.33. The van der Waals surface area contributed by atoms with Crippen molar-refractivity contribution in [2.45, 2.75) is 40.7 Å². The fourth-order valence-electron chi connectivity index (χ4n) is 3.63. The standard InChI is InChI=1S/C22H29N2O2/c1-16(2)14-24(20-11-17(3)12-23-13-20)18(4)22(19(5)26-24)15-25-21-9-7-6-8-10-21/h6-13,16,19H,14-15H2,1-5H3/q+1. The van der Waals surface area contributed by atoms with Crippen LogP contribution in [0.4, 0.5) is 5.69 Å². The van der Waals surface area contributed by atoms with Crippen LogP contribution in [0.3, 0.4) is 0 Å². The number of ether oxygens (including phenoxy) is 1. The minimum absolute atomic E-state index is 0.00188. The van der Waals surface area contributed by atoms with Crippen molar-refractivity contribution in [3.05, 3.63) is 65.6 Å². The van der Waals surface area contributed by atoms with Gasteiger partial charge in [0.25, 0.3) is 0 Å². The Labute approximate surface area is 156 Å². The zero-order chi connectivity index (χ0) is 18.7. The summed E-state index contributed by atoms with van der Waals surface area (Å²) in [6.45, 7) is 12.2.